The van der Waals surface area contributed by atoms with Crippen molar-refractivity contribution in [3.8, 4) is 11.8 Å². The molecule has 5 nitrogen and oxygen atoms in total. The maximum atomic E-state index is 10.5. The van der Waals surface area contributed by atoms with Gasteiger partial charge in [-0.05, 0) is 18.2 Å². The number of hydrogen-bond acceptors (Lipinski definition) is 5. The maximum absolute atomic E-state index is 10.5. The molecule has 0 amide bonds. The summed E-state index contributed by atoms with van der Waals surface area (Å²) in [6.45, 7) is 0. The summed E-state index contributed by atoms with van der Waals surface area (Å²) in [4.78, 5) is 10.5. The third-order valence-corrected chi connectivity index (χ3v) is 1.86. The van der Waals surface area contributed by atoms with Crippen LogP contribution in [-0.4, -0.2) is 5.16 Å². The molecule has 0 N–H and O–H groups in total. The second-order valence-corrected chi connectivity index (χ2v) is 3.28. The molecule has 1 aromatic heterocycles. The fraction of sp³-hybridized carbons (Fsp3) is 0. The van der Waals surface area contributed by atoms with Crippen LogP contribution in [0.1, 0.15) is 0 Å². The average molecular weight is 258 g/mol. The Morgan fingerprint density at radius 2 is 2.29 bits per heavy atom. The Bertz CT molecular complexity index is 490. The van der Waals surface area contributed by atoms with Gasteiger partial charge in [0.1, 0.15) is 5.75 Å². The number of ether oxygens (including phenoxy) is 1. The van der Waals surface area contributed by atoms with Gasteiger partial charge in [0.2, 0.25) is 0 Å². The van der Waals surface area contributed by atoms with Crippen molar-refractivity contribution in [2.45, 2.75) is 0 Å². The van der Waals surface area contributed by atoms with Gasteiger partial charge >= 0.3 is 11.9 Å². The second-order valence-electron chi connectivity index (χ2n) is 2.36. The lowest BCUT2D eigenvalue weighted by atomic mass is 10.3. The standard InChI is InChI=1S/C8H4BrNO4/c9-5-2-1-3-6(4-5)12-7-10-14-8(11)13-7/h1-4H. The van der Waals surface area contributed by atoms with E-state index < -0.39 is 5.82 Å². The largest absolute Gasteiger partial charge is 0.544 e. The van der Waals surface area contributed by atoms with Crippen molar-refractivity contribution in [2.75, 3.05) is 0 Å². The lowest BCUT2D eigenvalue weighted by Crippen LogP contribution is -1.86. The van der Waals surface area contributed by atoms with Gasteiger partial charge in [0, 0.05) is 9.63 Å². The van der Waals surface area contributed by atoms with Crippen LogP contribution in [-0.2, 0) is 0 Å². The number of halogens is 1. The highest BCUT2D eigenvalue weighted by Crippen LogP contribution is 2.21. The molecule has 0 atom stereocenters. The number of hydrogen-bond donors (Lipinski definition) is 0. The van der Waals surface area contributed by atoms with Crippen molar-refractivity contribution >= 4 is 15.9 Å². The quantitative estimate of drug-likeness (QED) is 0.825. The van der Waals surface area contributed by atoms with Gasteiger partial charge in [0.15, 0.2) is 0 Å². The Morgan fingerprint density at radius 3 is 2.93 bits per heavy atom. The zero-order valence-electron chi connectivity index (χ0n) is 6.77. The van der Waals surface area contributed by atoms with E-state index >= 15 is 0 Å². The van der Waals surface area contributed by atoms with E-state index in [9.17, 15) is 4.79 Å². The van der Waals surface area contributed by atoms with E-state index in [1.807, 2.05) is 6.07 Å². The number of rotatable bonds is 2. The van der Waals surface area contributed by atoms with E-state index in [-0.39, 0.29) is 6.08 Å². The topological polar surface area (TPSA) is 65.5 Å². The van der Waals surface area contributed by atoms with Crippen LogP contribution in [0.5, 0.6) is 11.8 Å². The lowest BCUT2D eigenvalue weighted by Gasteiger charge is -1.98. The molecule has 0 aliphatic rings. The normalized spacial score (nSPS) is 10.1. The van der Waals surface area contributed by atoms with Crippen LogP contribution in [0.4, 0.5) is 0 Å². The molecular weight excluding hydrogens is 254 g/mol. The number of benzene rings is 1. The maximum Gasteiger partial charge on any atom is 0.544 e. The van der Waals surface area contributed by atoms with Crippen LogP contribution in [0.3, 0.4) is 0 Å². The molecule has 1 aromatic carbocycles. The Balaban J connectivity index is 2.22. The summed E-state index contributed by atoms with van der Waals surface area (Å²) < 4.78 is 14.5. The van der Waals surface area contributed by atoms with Gasteiger partial charge < -0.3 is 9.15 Å². The highest BCUT2D eigenvalue weighted by atomic mass is 79.9. The molecule has 72 valence electrons. The van der Waals surface area contributed by atoms with Crippen LogP contribution in [0.25, 0.3) is 0 Å². The fourth-order valence-corrected chi connectivity index (χ4v) is 1.23. The molecule has 0 saturated heterocycles. The van der Waals surface area contributed by atoms with Gasteiger partial charge in [-0.1, -0.05) is 22.0 Å². The smallest absolute Gasteiger partial charge is 0.409 e. The molecule has 0 fully saturated rings. The molecule has 0 bridgehead atoms. The molecule has 0 unspecified atom stereocenters. The first-order valence-corrected chi connectivity index (χ1v) is 4.43. The molecule has 2 rings (SSSR count). The zero-order valence-corrected chi connectivity index (χ0v) is 8.35. The molecule has 0 aliphatic carbocycles. The lowest BCUT2D eigenvalue weighted by molar-refractivity contribution is 0.313. The van der Waals surface area contributed by atoms with Gasteiger partial charge in [0.05, 0.1) is 0 Å². The van der Waals surface area contributed by atoms with Crippen LogP contribution in [0.15, 0.2) is 42.5 Å². The summed E-state index contributed by atoms with van der Waals surface area (Å²) in [6, 6.07) is 7.01. The van der Waals surface area contributed by atoms with Gasteiger partial charge in [-0.15, -0.1) is 0 Å². The van der Waals surface area contributed by atoms with E-state index in [1.165, 1.54) is 0 Å². The van der Waals surface area contributed by atoms with Crippen LogP contribution in [0.2, 0.25) is 0 Å². The number of nitrogens with zero attached hydrogens (tertiary/aromatic N) is 1. The van der Waals surface area contributed by atoms with Crippen LogP contribution >= 0.6 is 15.9 Å². The highest BCUT2D eigenvalue weighted by Gasteiger charge is 2.05. The Kier molecular flexibility index (Phi) is 2.36. The van der Waals surface area contributed by atoms with Gasteiger partial charge in [-0.2, -0.15) is 0 Å². The van der Waals surface area contributed by atoms with E-state index in [0.29, 0.717) is 5.75 Å². The van der Waals surface area contributed by atoms with Gasteiger partial charge in [0.25, 0.3) is 0 Å². The molecule has 0 aliphatic heterocycles. The summed E-state index contributed by atoms with van der Waals surface area (Å²) in [7, 11) is 0. The minimum absolute atomic E-state index is 0.215. The monoisotopic (exact) mass is 257 g/mol. The van der Waals surface area contributed by atoms with Crippen molar-refractivity contribution in [1.82, 2.24) is 5.16 Å². The fourth-order valence-electron chi connectivity index (χ4n) is 0.854. The Labute approximate surface area is 86.4 Å². The molecule has 6 heteroatoms. The third-order valence-electron chi connectivity index (χ3n) is 1.37. The van der Waals surface area contributed by atoms with E-state index in [2.05, 4.69) is 30.0 Å². The highest BCUT2D eigenvalue weighted by molar-refractivity contribution is 9.10. The minimum Gasteiger partial charge on any atom is -0.409 e. The molecule has 1 heterocycles. The first kappa shape index (κ1) is 9.01. The molecule has 0 radical (unpaired) electrons. The zero-order chi connectivity index (χ0) is 9.97. The Hall–Kier alpha value is -1.56. The van der Waals surface area contributed by atoms with Crippen molar-refractivity contribution in [3.05, 3.63) is 39.4 Å². The molecular formula is C8H4BrNO4. The van der Waals surface area contributed by atoms with Gasteiger partial charge in [-0.25, -0.2) is 4.79 Å². The molecule has 0 spiro atoms. The van der Waals surface area contributed by atoms with E-state index in [4.69, 9.17) is 4.74 Å². The van der Waals surface area contributed by atoms with Crippen LogP contribution in [0, 0.1) is 0 Å². The summed E-state index contributed by atoms with van der Waals surface area (Å²) in [5.41, 5.74) is 0. The molecule has 0 saturated carbocycles. The summed E-state index contributed by atoms with van der Waals surface area (Å²) >= 11 is 3.26. The summed E-state index contributed by atoms with van der Waals surface area (Å²) in [5.74, 6) is -0.397. The minimum atomic E-state index is -0.894. The predicted molar refractivity (Wildman–Crippen MR) is 49.3 cm³/mol. The van der Waals surface area contributed by atoms with Gasteiger partial charge in [-0.3, -0.25) is 4.52 Å². The third kappa shape index (κ3) is 2.02. The first-order valence-electron chi connectivity index (χ1n) is 3.64. The average Bonchev–Trinajstić information content (AvgIpc) is 2.51. The SMILES string of the molecule is O=c1onc(Oc2cccc(Br)c2)o1. The first-order chi connectivity index (χ1) is 6.74. The molecule has 2 aromatic rings. The van der Waals surface area contributed by atoms with Crippen LogP contribution < -0.4 is 10.6 Å². The van der Waals surface area contributed by atoms with Crippen molar-refractivity contribution < 1.29 is 13.7 Å². The van der Waals surface area contributed by atoms with E-state index in [0.717, 1.165) is 4.47 Å². The Morgan fingerprint density at radius 1 is 1.43 bits per heavy atom. The summed E-state index contributed by atoms with van der Waals surface area (Å²) in [6.07, 6.45) is -0.215. The number of aromatic nitrogens is 1. The second kappa shape index (κ2) is 3.67. The van der Waals surface area contributed by atoms with Crippen molar-refractivity contribution in [1.29, 1.82) is 0 Å². The van der Waals surface area contributed by atoms with E-state index in [1.54, 1.807) is 18.2 Å². The molecule has 14 heavy (non-hydrogen) atoms. The predicted octanol–water partition coefficient (Wildman–Crippen LogP) is 2.18. The van der Waals surface area contributed by atoms with Crippen molar-refractivity contribution in [2.24, 2.45) is 0 Å². The summed E-state index contributed by atoms with van der Waals surface area (Å²) in [5, 5.41) is 3.25. The van der Waals surface area contributed by atoms with Crippen molar-refractivity contribution in [3.63, 3.8) is 0 Å².